The van der Waals surface area contributed by atoms with Crippen molar-refractivity contribution in [1.82, 2.24) is 9.97 Å². The van der Waals surface area contributed by atoms with E-state index in [2.05, 4.69) is 31.2 Å². The number of nitrogens with zero attached hydrogens (tertiary/aromatic N) is 2. The van der Waals surface area contributed by atoms with Gasteiger partial charge in [0.2, 0.25) is 0 Å². The van der Waals surface area contributed by atoms with E-state index in [1.165, 1.54) is 12.4 Å². The van der Waals surface area contributed by atoms with E-state index in [0.29, 0.717) is 5.56 Å². The van der Waals surface area contributed by atoms with Gasteiger partial charge in [-0.15, -0.1) is 0 Å². The van der Waals surface area contributed by atoms with Crippen LogP contribution in [-0.2, 0) is 0 Å². The molecule has 1 amide bonds. The fourth-order valence-corrected chi connectivity index (χ4v) is 2.12. The Balaban J connectivity index is 2.30. The molecule has 0 saturated carbocycles. The summed E-state index contributed by atoms with van der Waals surface area (Å²) in [6.45, 7) is 1.79. The van der Waals surface area contributed by atoms with Crippen LogP contribution in [-0.4, -0.2) is 27.0 Å². The zero-order valence-electron chi connectivity index (χ0n) is 10.4. The molecule has 6 nitrogen and oxygen atoms in total. The normalized spacial score (nSPS) is 10.1. The minimum Gasteiger partial charge on any atom is -0.476 e. The second-order valence-corrected chi connectivity index (χ2v) is 4.89. The van der Waals surface area contributed by atoms with Crippen molar-refractivity contribution in [3.63, 3.8) is 0 Å². The predicted octanol–water partition coefficient (Wildman–Crippen LogP) is 2.50. The molecule has 2 aromatic rings. The molecule has 2 N–H and O–H groups in total. The van der Waals surface area contributed by atoms with Crippen LogP contribution in [0.3, 0.4) is 0 Å². The summed E-state index contributed by atoms with van der Waals surface area (Å²) in [7, 11) is 0. The quantitative estimate of drug-likeness (QED) is 0.898. The Hall–Kier alpha value is -2.28. The van der Waals surface area contributed by atoms with Crippen LogP contribution in [0.15, 0.2) is 35.1 Å². The molecule has 1 heterocycles. The van der Waals surface area contributed by atoms with Crippen molar-refractivity contribution in [3.8, 4) is 0 Å². The number of aromatic carboxylic acids is 1. The van der Waals surface area contributed by atoms with E-state index in [1.54, 1.807) is 25.1 Å². The summed E-state index contributed by atoms with van der Waals surface area (Å²) >= 11 is 3.31. The summed E-state index contributed by atoms with van der Waals surface area (Å²) in [6.07, 6.45) is 2.57. The van der Waals surface area contributed by atoms with Crippen molar-refractivity contribution in [3.05, 3.63) is 51.9 Å². The third kappa shape index (κ3) is 3.00. The highest BCUT2D eigenvalue weighted by molar-refractivity contribution is 9.10. The van der Waals surface area contributed by atoms with E-state index in [4.69, 9.17) is 5.11 Å². The van der Waals surface area contributed by atoms with E-state index in [0.717, 1.165) is 10.0 Å². The largest absolute Gasteiger partial charge is 0.476 e. The molecule has 7 heteroatoms. The van der Waals surface area contributed by atoms with Gasteiger partial charge >= 0.3 is 5.97 Å². The van der Waals surface area contributed by atoms with E-state index in [1.807, 2.05) is 0 Å². The summed E-state index contributed by atoms with van der Waals surface area (Å²) in [5.41, 5.74) is 0.906. The highest BCUT2D eigenvalue weighted by Crippen LogP contribution is 2.17. The number of carbonyl (C=O) groups is 2. The molecule has 0 aliphatic heterocycles. The standard InChI is InChI=1S/C13H10BrN3O3/c1-7-6-8(14)2-3-9(7)12(18)17-11-10(13(19)20)15-4-5-16-11/h2-6H,1H3,(H,19,20)(H,16,17,18). The Morgan fingerprint density at radius 2 is 1.95 bits per heavy atom. The van der Waals surface area contributed by atoms with Gasteiger partial charge in [0, 0.05) is 22.4 Å². The third-order valence-corrected chi connectivity index (χ3v) is 3.06. The van der Waals surface area contributed by atoms with Crippen LogP contribution in [0.1, 0.15) is 26.4 Å². The first-order valence-electron chi connectivity index (χ1n) is 5.61. The number of halogens is 1. The molecule has 0 fully saturated rings. The molecule has 0 aliphatic carbocycles. The Labute approximate surface area is 123 Å². The summed E-state index contributed by atoms with van der Waals surface area (Å²) in [5, 5.41) is 11.4. The number of aryl methyl sites for hydroxylation is 1. The molecule has 2 rings (SSSR count). The molecule has 0 bridgehead atoms. The van der Waals surface area contributed by atoms with Crippen LogP contribution in [0.5, 0.6) is 0 Å². The van der Waals surface area contributed by atoms with Gasteiger partial charge in [0.05, 0.1) is 0 Å². The van der Waals surface area contributed by atoms with Gasteiger partial charge in [-0.1, -0.05) is 15.9 Å². The molecule has 1 aromatic carbocycles. The zero-order valence-corrected chi connectivity index (χ0v) is 12.0. The zero-order chi connectivity index (χ0) is 14.7. The second kappa shape index (κ2) is 5.79. The van der Waals surface area contributed by atoms with Gasteiger partial charge < -0.3 is 10.4 Å². The van der Waals surface area contributed by atoms with Crippen LogP contribution >= 0.6 is 15.9 Å². The number of amides is 1. The van der Waals surface area contributed by atoms with E-state index < -0.39 is 11.9 Å². The summed E-state index contributed by atoms with van der Waals surface area (Å²) in [4.78, 5) is 30.6. The average molecular weight is 336 g/mol. The maximum Gasteiger partial charge on any atom is 0.358 e. The van der Waals surface area contributed by atoms with Gasteiger partial charge in [0.25, 0.3) is 5.91 Å². The molecule has 0 saturated heterocycles. The number of benzene rings is 1. The van der Waals surface area contributed by atoms with Crippen molar-refractivity contribution >= 4 is 33.6 Å². The minimum absolute atomic E-state index is 0.0766. The fraction of sp³-hybridized carbons (Fsp3) is 0.0769. The number of carboxylic acids is 1. The predicted molar refractivity (Wildman–Crippen MR) is 75.8 cm³/mol. The molecular weight excluding hydrogens is 326 g/mol. The maximum atomic E-state index is 12.1. The first kappa shape index (κ1) is 14.1. The van der Waals surface area contributed by atoms with Gasteiger partial charge in [-0.2, -0.15) is 0 Å². The topological polar surface area (TPSA) is 92.2 Å². The van der Waals surface area contributed by atoms with Crippen LogP contribution in [0, 0.1) is 6.92 Å². The summed E-state index contributed by atoms with van der Waals surface area (Å²) in [5.74, 6) is -1.76. The summed E-state index contributed by atoms with van der Waals surface area (Å²) < 4.78 is 0.859. The van der Waals surface area contributed by atoms with Gasteiger partial charge in [-0.3, -0.25) is 4.79 Å². The molecule has 0 spiro atoms. The number of hydrogen-bond donors (Lipinski definition) is 2. The molecule has 0 aliphatic rings. The van der Waals surface area contributed by atoms with E-state index in [-0.39, 0.29) is 11.5 Å². The Kier molecular flexibility index (Phi) is 4.09. The van der Waals surface area contributed by atoms with Crippen molar-refractivity contribution in [2.75, 3.05) is 5.32 Å². The number of aromatic nitrogens is 2. The molecule has 0 radical (unpaired) electrons. The molecule has 102 valence electrons. The van der Waals surface area contributed by atoms with Crippen LogP contribution in [0.2, 0.25) is 0 Å². The van der Waals surface area contributed by atoms with Gasteiger partial charge in [0.1, 0.15) is 0 Å². The fourth-order valence-electron chi connectivity index (χ4n) is 1.64. The number of carbonyl (C=O) groups excluding carboxylic acids is 1. The van der Waals surface area contributed by atoms with E-state index in [9.17, 15) is 9.59 Å². The lowest BCUT2D eigenvalue weighted by molar-refractivity contribution is 0.0691. The Morgan fingerprint density at radius 1 is 1.25 bits per heavy atom. The molecule has 20 heavy (non-hydrogen) atoms. The lowest BCUT2D eigenvalue weighted by Crippen LogP contribution is -2.17. The van der Waals surface area contributed by atoms with Crippen molar-refractivity contribution in [2.45, 2.75) is 6.92 Å². The van der Waals surface area contributed by atoms with Crippen molar-refractivity contribution < 1.29 is 14.7 Å². The molecular formula is C13H10BrN3O3. The SMILES string of the molecule is Cc1cc(Br)ccc1C(=O)Nc1nccnc1C(=O)O. The Morgan fingerprint density at radius 3 is 2.60 bits per heavy atom. The molecule has 0 unspecified atom stereocenters. The highest BCUT2D eigenvalue weighted by atomic mass is 79.9. The second-order valence-electron chi connectivity index (χ2n) is 3.97. The maximum absolute atomic E-state index is 12.1. The van der Waals surface area contributed by atoms with Crippen molar-refractivity contribution in [1.29, 1.82) is 0 Å². The van der Waals surface area contributed by atoms with Crippen LogP contribution < -0.4 is 5.32 Å². The van der Waals surface area contributed by atoms with Gasteiger partial charge in [-0.05, 0) is 30.7 Å². The number of rotatable bonds is 3. The van der Waals surface area contributed by atoms with E-state index >= 15 is 0 Å². The first-order valence-corrected chi connectivity index (χ1v) is 6.40. The summed E-state index contributed by atoms with van der Waals surface area (Å²) in [6, 6.07) is 5.17. The Bertz CT molecular complexity index is 688. The minimum atomic E-state index is -1.25. The average Bonchev–Trinajstić information content (AvgIpc) is 2.38. The van der Waals surface area contributed by atoms with Crippen LogP contribution in [0.4, 0.5) is 5.82 Å². The smallest absolute Gasteiger partial charge is 0.358 e. The third-order valence-electron chi connectivity index (χ3n) is 2.57. The number of nitrogens with one attached hydrogen (secondary N) is 1. The van der Waals surface area contributed by atoms with Crippen LogP contribution in [0.25, 0.3) is 0 Å². The first-order chi connectivity index (χ1) is 9.49. The van der Waals surface area contributed by atoms with Gasteiger partial charge in [-0.25, -0.2) is 14.8 Å². The molecule has 0 atom stereocenters. The number of anilines is 1. The lowest BCUT2D eigenvalue weighted by Gasteiger charge is -2.08. The monoisotopic (exact) mass is 335 g/mol. The highest BCUT2D eigenvalue weighted by Gasteiger charge is 2.16. The van der Waals surface area contributed by atoms with Gasteiger partial charge in [0.15, 0.2) is 11.5 Å². The lowest BCUT2D eigenvalue weighted by atomic mass is 10.1. The molecule has 1 aromatic heterocycles. The van der Waals surface area contributed by atoms with Crippen molar-refractivity contribution in [2.24, 2.45) is 0 Å². The number of hydrogen-bond acceptors (Lipinski definition) is 4. The number of carboxylic acid groups (broad SMARTS) is 1.